The Morgan fingerprint density at radius 1 is 1.12 bits per heavy atom. The van der Waals surface area contributed by atoms with E-state index in [2.05, 4.69) is 10.2 Å². The van der Waals surface area contributed by atoms with Crippen LogP contribution >= 0.6 is 11.6 Å². The lowest BCUT2D eigenvalue weighted by atomic mass is 9.87. The monoisotopic (exact) mass is 482 g/mol. The van der Waals surface area contributed by atoms with Crippen LogP contribution in [0.4, 0.5) is 4.39 Å². The third-order valence-electron chi connectivity index (χ3n) is 6.28. The first kappa shape index (κ1) is 24.0. The highest BCUT2D eigenvalue weighted by atomic mass is 35.5. The van der Waals surface area contributed by atoms with Crippen molar-refractivity contribution in [2.45, 2.75) is 32.0 Å². The fraction of sp³-hybridized carbons (Fsp3) is 0.296. The third kappa shape index (κ3) is 5.03. The molecule has 5 nitrogen and oxygen atoms in total. The summed E-state index contributed by atoms with van der Waals surface area (Å²) in [6.07, 6.45) is 0.773. The van der Waals surface area contributed by atoms with E-state index >= 15 is 0 Å². The van der Waals surface area contributed by atoms with Crippen molar-refractivity contribution in [1.82, 2.24) is 10.2 Å². The largest absolute Gasteiger partial charge is 0.493 e. The minimum absolute atomic E-state index is 0.203. The molecule has 0 bridgehead atoms. The normalized spacial score (nSPS) is 16.4. The average Bonchev–Trinajstić information content (AvgIpc) is 2.84. The Morgan fingerprint density at radius 2 is 1.85 bits per heavy atom. The Bertz CT molecular complexity index is 1190. The predicted octanol–water partition coefficient (Wildman–Crippen LogP) is 5.41. The zero-order valence-corrected chi connectivity index (χ0v) is 20.2. The van der Waals surface area contributed by atoms with Gasteiger partial charge in [-0.1, -0.05) is 35.9 Å². The van der Waals surface area contributed by atoms with Crippen LogP contribution in [0.5, 0.6) is 11.5 Å². The van der Waals surface area contributed by atoms with E-state index in [0.29, 0.717) is 40.7 Å². The van der Waals surface area contributed by atoms with Crippen LogP contribution in [0.3, 0.4) is 0 Å². The van der Waals surface area contributed by atoms with Gasteiger partial charge in [-0.05, 0) is 60.9 Å². The minimum Gasteiger partial charge on any atom is -0.493 e. The van der Waals surface area contributed by atoms with Crippen molar-refractivity contribution < 1.29 is 18.7 Å². The van der Waals surface area contributed by atoms with Gasteiger partial charge in [0.15, 0.2) is 11.5 Å². The van der Waals surface area contributed by atoms with E-state index in [9.17, 15) is 9.18 Å². The highest BCUT2D eigenvalue weighted by Crippen LogP contribution is 2.40. The summed E-state index contributed by atoms with van der Waals surface area (Å²) < 4.78 is 25.6. The van der Waals surface area contributed by atoms with E-state index in [1.54, 1.807) is 50.6 Å². The number of hydrogen-bond donors (Lipinski definition) is 1. The fourth-order valence-electron chi connectivity index (χ4n) is 4.64. The van der Waals surface area contributed by atoms with Crippen LogP contribution in [0.1, 0.15) is 40.0 Å². The standard InChI is InChI=1S/C27H28ClFN2O3/c1-17(30-27(32)19-8-6-9-21(28)13-19)26-22-15-25(34-3)24(33-2)14-18(22)11-12-31(26)16-20-7-4-5-10-23(20)29/h4-10,13-15,17,26H,11-12,16H2,1-3H3,(H,30,32)/t17-,26+/m0/s1. The van der Waals surface area contributed by atoms with Gasteiger partial charge in [0.25, 0.3) is 5.91 Å². The Labute approximate surface area is 204 Å². The molecule has 0 saturated heterocycles. The maximum atomic E-state index is 14.5. The first-order valence-corrected chi connectivity index (χ1v) is 11.6. The zero-order valence-electron chi connectivity index (χ0n) is 19.5. The van der Waals surface area contributed by atoms with E-state index < -0.39 is 0 Å². The van der Waals surface area contributed by atoms with Crippen LogP contribution in [0.15, 0.2) is 60.7 Å². The molecule has 3 aromatic rings. The summed E-state index contributed by atoms with van der Waals surface area (Å²) in [5.41, 5.74) is 3.25. The molecule has 4 rings (SSSR count). The van der Waals surface area contributed by atoms with E-state index in [4.69, 9.17) is 21.1 Å². The zero-order chi connectivity index (χ0) is 24.2. The van der Waals surface area contributed by atoms with Gasteiger partial charge in [-0.15, -0.1) is 0 Å². The van der Waals surface area contributed by atoms with Crippen LogP contribution in [0.25, 0.3) is 0 Å². The summed E-state index contributed by atoms with van der Waals surface area (Å²) in [5, 5.41) is 3.63. The SMILES string of the molecule is COc1cc2c(cc1OC)[C@@H]([C@H](C)NC(=O)c1cccc(Cl)c1)N(Cc1ccccc1F)CC2. The number of halogens is 2. The maximum absolute atomic E-state index is 14.5. The maximum Gasteiger partial charge on any atom is 0.251 e. The Balaban J connectivity index is 1.70. The topological polar surface area (TPSA) is 50.8 Å². The van der Waals surface area contributed by atoms with Crippen molar-refractivity contribution >= 4 is 17.5 Å². The molecule has 0 unspecified atom stereocenters. The lowest BCUT2D eigenvalue weighted by Crippen LogP contribution is -2.47. The van der Waals surface area contributed by atoms with E-state index in [0.717, 1.165) is 17.5 Å². The number of carbonyl (C=O) groups excluding carboxylic acids is 1. The quantitative estimate of drug-likeness (QED) is 0.489. The number of amides is 1. The number of carbonyl (C=O) groups is 1. The Kier molecular flexibility index (Phi) is 7.39. The second kappa shape index (κ2) is 10.5. The number of hydrogen-bond acceptors (Lipinski definition) is 4. The molecule has 0 aliphatic carbocycles. The first-order valence-electron chi connectivity index (χ1n) is 11.2. The highest BCUT2D eigenvalue weighted by Gasteiger charge is 2.34. The number of benzene rings is 3. The van der Waals surface area contributed by atoms with E-state index in [-0.39, 0.29) is 23.8 Å². The summed E-state index contributed by atoms with van der Waals surface area (Å²) in [7, 11) is 3.21. The number of nitrogens with one attached hydrogen (secondary N) is 1. The summed E-state index contributed by atoms with van der Waals surface area (Å²) in [6, 6.07) is 17.1. The number of rotatable bonds is 7. The lowest BCUT2D eigenvalue weighted by Gasteiger charge is -2.41. The fourth-order valence-corrected chi connectivity index (χ4v) is 4.83. The lowest BCUT2D eigenvalue weighted by molar-refractivity contribution is 0.0875. The van der Waals surface area contributed by atoms with Gasteiger partial charge in [-0.2, -0.15) is 0 Å². The second-order valence-electron chi connectivity index (χ2n) is 8.44. The van der Waals surface area contributed by atoms with Crippen molar-refractivity contribution in [3.8, 4) is 11.5 Å². The summed E-state index contributed by atoms with van der Waals surface area (Å²) in [6.45, 7) is 3.09. The van der Waals surface area contributed by atoms with Crippen molar-refractivity contribution in [2.75, 3.05) is 20.8 Å². The molecular weight excluding hydrogens is 455 g/mol. The smallest absolute Gasteiger partial charge is 0.251 e. The van der Waals surface area contributed by atoms with Crippen molar-refractivity contribution in [2.24, 2.45) is 0 Å². The molecule has 1 aliphatic heterocycles. The molecule has 7 heteroatoms. The molecule has 1 amide bonds. The van der Waals surface area contributed by atoms with Crippen molar-refractivity contribution in [3.63, 3.8) is 0 Å². The highest BCUT2D eigenvalue weighted by molar-refractivity contribution is 6.30. The summed E-state index contributed by atoms with van der Waals surface area (Å²) >= 11 is 6.08. The molecule has 34 heavy (non-hydrogen) atoms. The summed E-state index contributed by atoms with van der Waals surface area (Å²) in [5.74, 6) is 0.828. The van der Waals surface area contributed by atoms with Gasteiger partial charge in [-0.25, -0.2) is 4.39 Å². The average molecular weight is 483 g/mol. The molecule has 3 aromatic carbocycles. The van der Waals surface area contributed by atoms with Gasteiger partial charge in [0.2, 0.25) is 0 Å². The van der Waals surface area contributed by atoms with Crippen molar-refractivity contribution in [1.29, 1.82) is 0 Å². The van der Waals surface area contributed by atoms with Gasteiger partial charge < -0.3 is 14.8 Å². The number of nitrogens with zero attached hydrogens (tertiary/aromatic N) is 1. The molecule has 0 radical (unpaired) electrons. The molecule has 0 fully saturated rings. The van der Waals surface area contributed by atoms with E-state index in [1.807, 2.05) is 25.1 Å². The molecular formula is C27H28ClFN2O3. The van der Waals surface area contributed by atoms with Gasteiger partial charge >= 0.3 is 0 Å². The second-order valence-corrected chi connectivity index (χ2v) is 8.87. The molecule has 178 valence electrons. The van der Waals surface area contributed by atoms with Crippen LogP contribution in [0, 0.1) is 5.82 Å². The number of methoxy groups -OCH3 is 2. The van der Waals surface area contributed by atoms with Gasteiger partial charge in [0.1, 0.15) is 5.82 Å². The van der Waals surface area contributed by atoms with Crippen LogP contribution in [0.2, 0.25) is 5.02 Å². The third-order valence-corrected chi connectivity index (χ3v) is 6.51. The summed E-state index contributed by atoms with van der Waals surface area (Å²) in [4.78, 5) is 15.2. The Hall–Kier alpha value is -3.09. The van der Waals surface area contributed by atoms with E-state index in [1.165, 1.54) is 6.07 Å². The molecule has 1 N–H and O–H groups in total. The van der Waals surface area contributed by atoms with Crippen LogP contribution in [-0.4, -0.2) is 37.6 Å². The predicted molar refractivity (Wildman–Crippen MR) is 131 cm³/mol. The van der Waals surface area contributed by atoms with Crippen molar-refractivity contribution in [3.05, 3.63) is 93.8 Å². The van der Waals surface area contributed by atoms with Crippen LogP contribution < -0.4 is 14.8 Å². The Morgan fingerprint density at radius 3 is 2.56 bits per heavy atom. The minimum atomic E-state index is -0.282. The number of ether oxygens (including phenoxy) is 2. The molecule has 2 atom stereocenters. The van der Waals surface area contributed by atoms with Crippen LogP contribution in [-0.2, 0) is 13.0 Å². The number of fused-ring (bicyclic) bond motifs is 1. The molecule has 0 aromatic heterocycles. The molecule has 0 spiro atoms. The van der Waals surface area contributed by atoms with Gasteiger partial charge in [0, 0.05) is 35.3 Å². The molecule has 1 aliphatic rings. The van der Waals surface area contributed by atoms with Gasteiger partial charge in [0.05, 0.1) is 20.3 Å². The first-order chi connectivity index (χ1) is 16.4. The van der Waals surface area contributed by atoms with Gasteiger partial charge in [-0.3, -0.25) is 9.69 Å². The molecule has 1 heterocycles. The molecule has 0 saturated carbocycles.